The standard InChI is InChI=1S/C20H18N2O7/c1-28-10-2-9-21-18(23)16-8-5-14(11-17(16)19(21)24)20(25)29-12-13-3-6-15(7-4-13)22(26)27/h3-8,11H,2,9-10,12H2,1H3. The predicted octanol–water partition coefficient (Wildman–Crippen LogP) is 2.58. The van der Waals surface area contributed by atoms with E-state index in [2.05, 4.69) is 0 Å². The van der Waals surface area contributed by atoms with E-state index in [0.29, 0.717) is 18.6 Å². The summed E-state index contributed by atoms with van der Waals surface area (Å²) in [6.45, 7) is 0.581. The summed E-state index contributed by atoms with van der Waals surface area (Å²) in [5, 5.41) is 10.7. The van der Waals surface area contributed by atoms with Crippen molar-refractivity contribution < 1.29 is 28.8 Å². The van der Waals surface area contributed by atoms with Crippen molar-refractivity contribution >= 4 is 23.5 Å². The van der Waals surface area contributed by atoms with Crippen molar-refractivity contribution in [3.8, 4) is 0 Å². The molecule has 3 rings (SSSR count). The van der Waals surface area contributed by atoms with Crippen LogP contribution in [0.15, 0.2) is 42.5 Å². The molecule has 1 aliphatic rings. The summed E-state index contributed by atoms with van der Waals surface area (Å²) in [6.07, 6.45) is 0.520. The predicted molar refractivity (Wildman–Crippen MR) is 101 cm³/mol. The third-order valence-corrected chi connectivity index (χ3v) is 4.45. The average molecular weight is 398 g/mol. The first-order valence-electron chi connectivity index (χ1n) is 8.82. The van der Waals surface area contributed by atoms with Crippen LogP contribution in [0.3, 0.4) is 0 Å². The SMILES string of the molecule is COCCCN1C(=O)c2ccc(C(=O)OCc3ccc([N+](=O)[O-])cc3)cc2C1=O. The van der Waals surface area contributed by atoms with Crippen LogP contribution in [0.25, 0.3) is 0 Å². The minimum Gasteiger partial charge on any atom is -0.457 e. The number of nitro benzene ring substituents is 1. The summed E-state index contributed by atoms with van der Waals surface area (Å²) in [5.74, 6) is -1.51. The van der Waals surface area contributed by atoms with Gasteiger partial charge in [-0.3, -0.25) is 24.6 Å². The highest BCUT2D eigenvalue weighted by Crippen LogP contribution is 2.25. The van der Waals surface area contributed by atoms with Crippen LogP contribution < -0.4 is 0 Å². The summed E-state index contributed by atoms with van der Waals surface area (Å²) in [7, 11) is 1.54. The van der Waals surface area contributed by atoms with E-state index in [4.69, 9.17) is 9.47 Å². The lowest BCUT2D eigenvalue weighted by molar-refractivity contribution is -0.384. The minimum atomic E-state index is -0.663. The summed E-state index contributed by atoms with van der Waals surface area (Å²) in [6, 6.07) is 9.85. The molecule has 0 saturated heterocycles. The number of nitro groups is 1. The normalized spacial score (nSPS) is 12.8. The molecule has 9 nitrogen and oxygen atoms in total. The van der Waals surface area contributed by atoms with Crippen molar-refractivity contribution in [3.05, 3.63) is 74.8 Å². The molecule has 9 heteroatoms. The lowest BCUT2D eigenvalue weighted by atomic mass is 10.1. The first-order chi connectivity index (χ1) is 13.9. The minimum absolute atomic E-state index is 0.0584. The molecule has 1 aliphatic heterocycles. The Hall–Kier alpha value is -3.59. The fourth-order valence-electron chi connectivity index (χ4n) is 2.93. The molecular weight excluding hydrogens is 380 g/mol. The smallest absolute Gasteiger partial charge is 0.338 e. The van der Waals surface area contributed by atoms with Crippen LogP contribution >= 0.6 is 0 Å². The van der Waals surface area contributed by atoms with E-state index in [1.807, 2.05) is 0 Å². The van der Waals surface area contributed by atoms with E-state index in [9.17, 15) is 24.5 Å². The zero-order chi connectivity index (χ0) is 21.0. The number of benzene rings is 2. The van der Waals surface area contributed by atoms with E-state index in [-0.39, 0.29) is 35.5 Å². The maximum absolute atomic E-state index is 12.5. The van der Waals surface area contributed by atoms with Gasteiger partial charge in [-0.2, -0.15) is 0 Å². The van der Waals surface area contributed by atoms with Crippen LogP contribution in [-0.4, -0.2) is 47.9 Å². The van der Waals surface area contributed by atoms with Crippen LogP contribution in [0.2, 0.25) is 0 Å². The third kappa shape index (κ3) is 4.30. The lowest BCUT2D eigenvalue weighted by Crippen LogP contribution is -2.31. The molecule has 0 bridgehead atoms. The molecule has 0 atom stereocenters. The number of amides is 2. The van der Waals surface area contributed by atoms with Crippen molar-refractivity contribution in [3.63, 3.8) is 0 Å². The monoisotopic (exact) mass is 398 g/mol. The molecule has 29 heavy (non-hydrogen) atoms. The largest absolute Gasteiger partial charge is 0.457 e. The number of imide groups is 1. The van der Waals surface area contributed by atoms with E-state index in [0.717, 1.165) is 4.90 Å². The van der Waals surface area contributed by atoms with Gasteiger partial charge >= 0.3 is 5.97 Å². The van der Waals surface area contributed by atoms with Crippen LogP contribution in [0.1, 0.15) is 43.1 Å². The molecule has 0 aromatic heterocycles. The number of carbonyl (C=O) groups is 3. The number of carbonyl (C=O) groups excluding carboxylic acids is 3. The second kappa shape index (κ2) is 8.61. The second-order valence-electron chi connectivity index (χ2n) is 6.37. The Labute approximate surface area is 166 Å². The second-order valence-corrected chi connectivity index (χ2v) is 6.37. The van der Waals surface area contributed by atoms with Gasteiger partial charge in [0, 0.05) is 32.4 Å². The van der Waals surface area contributed by atoms with Gasteiger partial charge in [0.2, 0.25) is 0 Å². The van der Waals surface area contributed by atoms with Gasteiger partial charge in [-0.15, -0.1) is 0 Å². The molecule has 150 valence electrons. The Bertz CT molecular complexity index is 969. The maximum Gasteiger partial charge on any atom is 0.338 e. The summed E-state index contributed by atoms with van der Waals surface area (Å²) in [4.78, 5) is 48.5. The number of fused-ring (bicyclic) bond motifs is 1. The molecule has 2 aromatic rings. The molecular formula is C20H18N2O7. The van der Waals surface area contributed by atoms with Crippen LogP contribution in [0, 0.1) is 10.1 Å². The Kier molecular flexibility index (Phi) is 5.99. The van der Waals surface area contributed by atoms with Crippen molar-refractivity contribution in [2.45, 2.75) is 13.0 Å². The Morgan fingerprint density at radius 2 is 1.76 bits per heavy atom. The summed E-state index contributed by atoms with van der Waals surface area (Å²) < 4.78 is 10.1. The average Bonchev–Trinajstić information content (AvgIpc) is 2.96. The molecule has 2 amide bonds. The molecule has 0 unspecified atom stereocenters. The number of methoxy groups -OCH3 is 1. The van der Waals surface area contributed by atoms with Crippen molar-refractivity contribution in [2.24, 2.45) is 0 Å². The van der Waals surface area contributed by atoms with Gasteiger partial charge in [-0.05, 0) is 42.3 Å². The Balaban J connectivity index is 1.67. The lowest BCUT2D eigenvalue weighted by Gasteiger charge is -2.12. The van der Waals surface area contributed by atoms with Gasteiger partial charge in [0.1, 0.15) is 6.61 Å². The topological polar surface area (TPSA) is 116 Å². The number of hydrogen-bond acceptors (Lipinski definition) is 7. The van der Waals surface area contributed by atoms with Gasteiger partial charge in [-0.1, -0.05) is 0 Å². The maximum atomic E-state index is 12.5. The first-order valence-corrected chi connectivity index (χ1v) is 8.82. The summed E-state index contributed by atoms with van der Waals surface area (Å²) >= 11 is 0. The van der Waals surface area contributed by atoms with Crippen molar-refractivity contribution in [1.29, 1.82) is 0 Å². The molecule has 1 heterocycles. The van der Waals surface area contributed by atoms with Gasteiger partial charge in [0.05, 0.1) is 21.6 Å². The van der Waals surface area contributed by atoms with Crippen LogP contribution in [-0.2, 0) is 16.1 Å². The number of non-ortho nitro benzene ring substituents is 1. The van der Waals surface area contributed by atoms with E-state index in [1.54, 1.807) is 0 Å². The number of esters is 1. The van der Waals surface area contributed by atoms with E-state index >= 15 is 0 Å². The quantitative estimate of drug-likeness (QED) is 0.221. The zero-order valence-corrected chi connectivity index (χ0v) is 15.6. The first kappa shape index (κ1) is 20.2. The zero-order valence-electron chi connectivity index (χ0n) is 15.6. The highest BCUT2D eigenvalue weighted by molar-refractivity contribution is 6.21. The molecule has 0 saturated carbocycles. The highest BCUT2D eigenvalue weighted by atomic mass is 16.6. The van der Waals surface area contributed by atoms with E-state index in [1.165, 1.54) is 49.6 Å². The number of hydrogen-bond donors (Lipinski definition) is 0. The molecule has 2 aromatic carbocycles. The number of rotatable bonds is 8. The van der Waals surface area contributed by atoms with Gasteiger partial charge in [0.15, 0.2) is 0 Å². The summed E-state index contributed by atoms with van der Waals surface area (Å²) in [5.41, 5.74) is 1.08. The number of nitrogens with zero attached hydrogens (tertiary/aromatic N) is 2. The van der Waals surface area contributed by atoms with Crippen molar-refractivity contribution in [2.75, 3.05) is 20.3 Å². The highest BCUT2D eigenvalue weighted by Gasteiger charge is 2.35. The fraction of sp³-hybridized carbons (Fsp3) is 0.250. The Morgan fingerprint density at radius 3 is 2.41 bits per heavy atom. The van der Waals surface area contributed by atoms with Gasteiger partial charge in [0.25, 0.3) is 17.5 Å². The van der Waals surface area contributed by atoms with Crippen LogP contribution in [0.5, 0.6) is 0 Å². The Morgan fingerprint density at radius 1 is 1.07 bits per heavy atom. The van der Waals surface area contributed by atoms with Crippen molar-refractivity contribution in [1.82, 2.24) is 4.90 Å². The molecule has 0 aliphatic carbocycles. The molecule has 0 N–H and O–H groups in total. The van der Waals surface area contributed by atoms with Crippen LogP contribution in [0.4, 0.5) is 5.69 Å². The molecule has 0 fully saturated rings. The third-order valence-electron chi connectivity index (χ3n) is 4.45. The molecule has 0 spiro atoms. The van der Waals surface area contributed by atoms with Gasteiger partial charge in [-0.25, -0.2) is 4.79 Å². The fourth-order valence-corrected chi connectivity index (χ4v) is 2.93. The molecule has 0 radical (unpaired) electrons. The number of ether oxygens (including phenoxy) is 2. The van der Waals surface area contributed by atoms with Gasteiger partial charge < -0.3 is 9.47 Å². The van der Waals surface area contributed by atoms with E-state index < -0.39 is 22.7 Å².